The quantitative estimate of drug-likeness (QED) is 0.638. The molecule has 0 bridgehead atoms. The topological polar surface area (TPSA) is 75.7 Å². The zero-order valence-electron chi connectivity index (χ0n) is 16.9. The number of carbonyl (C=O) groups excluding carboxylic acids is 1. The number of amides is 1. The fraction of sp³-hybridized carbons (Fsp3) is 0.667. The van der Waals surface area contributed by atoms with E-state index in [4.69, 9.17) is 4.74 Å². The van der Waals surface area contributed by atoms with Crippen LogP contribution in [0.25, 0.3) is 0 Å². The Balaban J connectivity index is 1.49. The maximum absolute atomic E-state index is 12.9. The summed E-state index contributed by atoms with van der Waals surface area (Å²) in [5.41, 5.74) is 0.471. The van der Waals surface area contributed by atoms with Gasteiger partial charge in [-0.15, -0.1) is 0 Å². The van der Waals surface area contributed by atoms with Gasteiger partial charge in [0.15, 0.2) is 0 Å². The van der Waals surface area contributed by atoms with Crippen molar-refractivity contribution in [3.8, 4) is 0 Å². The molecular weight excluding hydrogens is 376 g/mol. The highest BCUT2D eigenvalue weighted by Gasteiger charge is 2.31. The summed E-state index contributed by atoms with van der Waals surface area (Å²) in [5.74, 6) is 1.28. The Kier molecular flexibility index (Phi) is 7.12. The zero-order chi connectivity index (χ0) is 20.1. The lowest BCUT2D eigenvalue weighted by Gasteiger charge is -2.34. The molecule has 1 saturated heterocycles. The van der Waals surface area contributed by atoms with Gasteiger partial charge in [0.2, 0.25) is 10.0 Å². The maximum atomic E-state index is 12.9. The van der Waals surface area contributed by atoms with E-state index in [0.29, 0.717) is 43.6 Å². The summed E-state index contributed by atoms with van der Waals surface area (Å²) in [7, 11) is -3.51. The molecular formula is C21H32N2O4S. The highest BCUT2D eigenvalue weighted by atomic mass is 32.2. The molecule has 1 amide bonds. The van der Waals surface area contributed by atoms with Gasteiger partial charge in [-0.25, -0.2) is 8.42 Å². The summed E-state index contributed by atoms with van der Waals surface area (Å²) < 4.78 is 32.9. The van der Waals surface area contributed by atoms with Crippen LogP contribution in [0.1, 0.15) is 49.9 Å². The van der Waals surface area contributed by atoms with E-state index in [1.54, 1.807) is 16.4 Å². The van der Waals surface area contributed by atoms with Crippen LogP contribution >= 0.6 is 0 Å². The first kappa shape index (κ1) is 21.3. The molecule has 1 aliphatic carbocycles. The Labute approximate surface area is 168 Å². The van der Waals surface area contributed by atoms with E-state index in [0.717, 1.165) is 25.4 Å². The number of hydrogen-bond donors (Lipinski definition) is 1. The third-order valence-corrected chi connectivity index (χ3v) is 7.24. The molecule has 2 atom stereocenters. The second-order valence-corrected chi connectivity index (χ2v) is 10.4. The summed E-state index contributed by atoms with van der Waals surface area (Å²) >= 11 is 0. The van der Waals surface area contributed by atoms with Gasteiger partial charge in [0.1, 0.15) is 0 Å². The first-order valence-electron chi connectivity index (χ1n) is 10.3. The molecule has 1 aromatic rings. The zero-order valence-corrected chi connectivity index (χ0v) is 17.7. The molecule has 1 aromatic carbocycles. The molecule has 3 rings (SSSR count). The average Bonchev–Trinajstić information content (AvgIpc) is 3.48. The molecule has 1 heterocycles. The second kappa shape index (κ2) is 9.37. The van der Waals surface area contributed by atoms with Crippen LogP contribution in [0.3, 0.4) is 0 Å². The van der Waals surface area contributed by atoms with Gasteiger partial charge < -0.3 is 10.1 Å². The van der Waals surface area contributed by atoms with Gasteiger partial charge in [-0.05, 0) is 67.7 Å². The van der Waals surface area contributed by atoms with Crippen LogP contribution in [-0.2, 0) is 14.8 Å². The molecule has 1 aliphatic heterocycles. The number of hydrogen-bond acceptors (Lipinski definition) is 4. The van der Waals surface area contributed by atoms with Gasteiger partial charge in [-0.3, -0.25) is 4.79 Å². The van der Waals surface area contributed by atoms with E-state index in [9.17, 15) is 13.2 Å². The van der Waals surface area contributed by atoms with Crippen molar-refractivity contribution in [2.24, 2.45) is 17.8 Å². The van der Waals surface area contributed by atoms with Crippen LogP contribution < -0.4 is 5.32 Å². The Morgan fingerprint density at radius 2 is 1.79 bits per heavy atom. The van der Waals surface area contributed by atoms with Crippen molar-refractivity contribution < 1.29 is 17.9 Å². The lowest BCUT2D eigenvalue weighted by atomic mass is 9.94. The lowest BCUT2D eigenvalue weighted by Crippen LogP contribution is -2.42. The van der Waals surface area contributed by atoms with E-state index in [1.165, 1.54) is 25.0 Å². The summed E-state index contributed by atoms with van der Waals surface area (Å²) in [5, 5.41) is 2.86. The highest BCUT2D eigenvalue weighted by molar-refractivity contribution is 7.89. The Hall–Kier alpha value is -1.44. The number of nitrogens with one attached hydrogen (secondary N) is 1. The summed E-state index contributed by atoms with van der Waals surface area (Å²) in [6.07, 6.45) is 4.38. The van der Waals surface area contributed by atoms with E-state index < -0.39 is 10.0 Å². The molecule has 156 valence electrons. The van der Waals surface area contributed by atoms with Gasteiger partial charge in [0, 0.05) is 38.4 Å². The first-order chi connectivity index (χ1) is 13.4. The lowest BCUT2D eigenvalue weighted by molar-refractivity contribution is 0.0937. The van der Waals surface area contributed by atoms with Crippen LogP contribution in [0.4, 0.5) is 0 Å². The van der Waals surface area contributed by atoms with Crippen molar-refractivity contribution in [3.63, 3.8) is 0 Å². The molecule has 0 radical (unpaired) electrons. The van der Waals surface area contributed by atoms with Crippen LogP contribution in [0.2, 0.25) is 0 Å². The van der Waals surface area contributed by atoms with Crippen LogP contribution in [0.5, 0.6) is 0 Å². The summed E-state index contributed by atoms with van der Waals surface area (Å²) in [6, 6.07) is 6.24. The van der Waals surface area contributed by atoms with Crippen molar-refractivity contribution in [1.29, 1.82) is 0 Å². The SMILES string of the molecule is CC1CC(C)CN(S(=O)(=O)c2ccc(C(=O)NCCCOCC3CC3)cc2)C1. The van der Waals surface area contributed by atoms with Gasteiger partial charge in [-0.2, -0.15) is 4.31 Å². The van der Waals surface area contributed by atoms with E-state index >= 15 is 0 Å². The van der Waals surface area contributed by atoms with Gasteiger partial charge in [0.25, 0.3) is 5.91 Å². The molecule has 1 N–H and O–H groups in total. The standard InChI is InChI=1S/C21H32N2O4S/c1-16-12-17(2)14-23(13-16)28(25,26)20-8-6-19(7-9-20)21(24)22-10-3-11-27-15-18-4-5-18/h6-9,16-18H,3-5,10-15H2,1-2H3,(H,22,24). The second-order valence-electron chi connectivity index (χ2n) is 8.42. The van der Waals surface area contributed by atoms with E-state index in [1.807, 2.05) is 0 Å². The van der Waals surface area contributed by atoms with E-state index in [2.05, 4.69) is 19.2 Å². The normalized spacial score (nSPS) is 23.5. The largest absolute Gasteiger partial charge is 0.381 e. The van der Waals surface area contributed by atoms with Crippen molar-refractivity contribution in [1.82, 2.24) is 9.62 Å². The number of sulfonamides is 1. The third kappa shape index (κ3) is 5.78. The molecule has 2 unspecified atom stereocenters. The number of piperidine rings is 1. The number of rotatable bonds is 9. The highest BCUT2D eigenvalue weighted by Crippen LogP contribution is 2.29. The molecule has 2 aliphatic rings. The van der Waals surface area contributed by atoms with Crippen molar-refractivity contribution in [2.45, 2.75) is 44.4 Å². The van der Waals surface area contributed by atoms with Gasteiger partial charge >= 0.3 is 0 Å². The molecule has 0 aromatic heterocycles. The van der Waals surface area contributed by atoms with Gasteiger partial charge in [0.05, 0.1) is 4.90 Å². The fourth-order valence-corrected chi connectivity index (χ4v) is 5.42. The number of ether oxygens (including phenoxy) is 1. The van der Waals surface area contributed by atoms with Crippen LogP contribution in [0, 0.1) is 17.8 Å². The fourth-order valence-electron chi connectivity index (χ4n) is 3.74. The number of nitrogens with zero attached hydrogens (tertiary/aromatic N) is 1. The molecule has 2 fully saturated rings. The van der Waals surface area contributed by atoms with Crippen LogP contribution in [-0.4, -0.2) is 51.5 Å². The molecule has 0 spiro atoms. The maximum Gasteiger partial charge on any atom is 0.251 e. The van der Waals surface area contributed by atoms with Crippen molar-refractivity contribution in [3.05, 3.63) is 29.8 Å². The summed E-state index contributed by atoms with van der Waals surface area (Å²) in [6.45, 7) is 7.31. The molecule has 28 heavy (non-hydrogen) atoms. The molecule has 7 heteroatoms. The predicted octanol–water partition coefficient (Wildman–Crippen LogP) is 2.90. The smallest absolute Gasteiger partial charge is 0.251 e. The molecule has 1 saturated carbocycles. The van der Waals surface area contributed by atoms with E-state index in [-0.39, 0.29) is 10.8 Å². The third-order valence-electron chi connectivity index (χ3n) is 5.39. The van der Waals surface area contributed by atoms with Crippen molar-refractivity contribution >= 4 is 15.9 Å². The Bertz CT molecular complexity index is 749. The molecule has 6 nitrogen and oxygen atoms in total. The monoisotopic (exact) mass is 408 g/mol. The minimum atomic E-state index is -3.51. The number of carbonyl (C=O) groups is 1. The summed E-state index contributed by atoms with van der Waals surface area (Å²) in [4.78, 5) is 12.5. The predicted molar refractivity (Wildman–Crippen MR) is 109 cm³/mol. The first-order valence-corrected chi connectivity index (χ1v) is 11.8. The Morgan fingerprint density at radius 1 is 1.14 bits per heavy atom. The minimum absolute atomic E-state index is 0.189. The number of benzene rings is 1. The van der Waals surface area contributed by atoms with Crippen LogP contribution in [0.15, 0.2) is 29.2 Å². The Morgan fingerprint density at radius 3 is 2.39 bits per heavy atom. The van der Waals surface area contributed by atoms with Crippen molar-refractivity contribution in [2.75, 3.05) is 32.8 Å². The van der Waals surface area contributed by atoms with Gasteiger partial charge in [-0.1, -0.05) is 13.8 Å². The minimum Gasteiger partial charge on any atom is -0.381 e. The average molecular weight is 409 g/mol.